The van der Waals surface area contributed by atoms with Crippen molar-refractivity contribution >= 4 is 11.8 Å². The predicted molar refractivity (Wildman–Crippen MR) is 81.2 cm³/mol. The molecular weight excluding hydrogens is 240 g/mol. The summed E-state index contributed by atoms with van der Waals surface area (Å²) in [7, 11) is 0. The summed E-state index contributed by atoms with van der Waals surface area (Å²) in [6.07, 6.45) is 7.29. The summed E-state index contributed by atoms with van der Waals surface area (Å²) < 4.78 is 0. The van der Waals surface area contributed by atoms with Crippen LogP contribution in [0.25, 0.3) is 0 Å². The van der Waals surface area contributed by atoms with Crippen molar-refractivity contribution in [3.8, 4) is 0 Å². The molecule has 0 aliphatic carbocycles. The lowest BCUT2D eigenvalue weighted by atomic mass is 10.1. The van der Waals surface area contributed by atoms with Gasteiger partial charge >= 0.3 is 0 Å². The molecule has 1 aromatic carbocycles. The first-order valence-electron chi connectivity index (χ1n) is 6.71. The Hall–Kier alpha value is -0.730. The minimum atomic E-state index is -0.182. The van der Waals surface area contributed by atoms with Crippen LogP contribution in [0.2, 0.25) is 0 Å². The summed E-state index contributed by atoms with van der Waals surface area (Å²) in [6.45, 7) is 5.83. The highest BCUT2D eigenvalue weighted by atomic mass is 32.2. The zero-order valence-electron chi connectivity index (χ0n) is 11.3. The predicted octanol–water partition coefficient (Wildman–Crippen LogP) is 4.58. The van der Waals surface area contributed by atoms with E-state index in [1.54, 1.807) is 11.8 Å². The van der Waals surface area contributed by atoms with Gasteiger partial charge in [-0.2, -0.15) is 0 Å². The lowest BCUT2D eigenvalue weighted by Crippen LogP contribution is -2.09. The van der Waals surface area contributed by atoms with Crippen LogP contribution in [0.5, 0.6) is 0 Å². The molecule has 18 heavy (non-hydrogen) atoms. The van der Waals surface area contributed by atoms with E-state index < -0.39 is 0 Å². The van der Waals surface area contributed by atoms with Crippen molar-refractivity contribution < 1.29 is 5.11 Å². The molecule has 100 valence electrons. The second-order valence-electron chi connectivity index (χ2n) is 4.66. The third-order valence-electron chi connectivity index (χ3n) is 2.97. The van der Waals surface area contributed by atoms with E-state index in [2.05, 4.69) is 37.8 Å². The molecule has 0 saturated heterocycles. The Morgan fingerprint density at radius 1 is 1.28 bits per heavy atom. The van der Waals surface area contributed by atoms with Crippen molar-refractivity contribution in [2.45, 2.75) is 50.0 Å². The minimum Gasteiger partial charge on any atom is -0.392 e. The summed E-state index contributed by atoms with van der Waals surface area (Å²) in [6, 6.07) is 8.34. The van der Waals surface area contributed by atoms with Gasteiger partial charge in [0.05, 0.1) is 6.10 Å². The summed E-state index contributed by atoms with van der Waals surface area (Å²) >= 11 is 1.76. The van der Waals surface area contributed by atoms with Crippen molar-refractivity contribution in [2.75, 3.05) is 5.75 Å². The average molecular weight is 264 g/mol. The van der Waals surface area contributed by atoms with E-state index in [4.69, 9.17) is 0 Å². The number of unbranched alkanes of at least 4 members (excludes halogenated alkanes) is 3. The maximum Gasteiger partial charge on any atom is 0.0634 e. The van der Waals surface area contributed by atoms with Gasteiger partial charge in [-0.1, -0.05) is 37.1 Å². The highest BCUT2D eigenvalue weighted by Gasteiger charge is 2.06. The lowest BCUT2D eigenvalue weighted by molar-refractivity contribution is 0.185. The molecule has 0 bridgehead atoms. The molecular formula is C16H24OS. The van der Waals surface area contributed by atoms with Gasteiger partial charge in [0.25, 0.3) is 0 Å². The lowest BCUT2D eigenvalue weighted by Gasteiger charge is -2.11. The molecule has 0 spiro atoms. The second kappa shape index (κ2) is 9.23. The van der Waals surface area contributed by atoms with Crippen LogP contribution >= 0.6 is 11.8 Å². The fraction of sp³-hybridized carbons (Fsp3) is 0.500. The first-order chi connectivity index (χ1) is 8.74. The van der Waals surface area contributed by atoms with Gasteiger partial charge in [0, 0.05) is 10.6 Å². The van der Waals surface area contributed by atoms with Gasteiger partial charge in [0.2, 0.25) is 0 Å². The van der Waals surface area contributed by atoms with Crippen LogP contribution in [0, 0.1) is 6.92 Å². The number of benzene rings is 1. The zero-order valence-corrected chi connectivity index (χ0v) is 12.1. The van der Waals surface area contributed by atoms with Gasteiger partial charge in [-0.25, -0.2) is 0 Å². The maximum absolute atomic E-state index is 9.92. The topological polar surface area (TPSA) is 20.2 Å². The molecule has 0 radical (unpaired) electrons. The van der Waals surface area contributed by atoms with Crippen LogP contribution in [0.15, 0.2) is 41.8 Å². The molecule has 1 unspecified atom stereocenters. The minimum absolute atomic E-state index is 0.182. The van der Waals surface area contributed by atoms with Gasteiger partial charge in [-0.05, 0) is 37.8 Å². The molecule has 0 aliphatic heterocycles. The van der Waals surface area contributed by atoms with Crippen molar-refractivity contribution in [1.82, 2.24) is 0 Å². The van der Waals surface area contributed by atoms with E-state index in [9.17, 15) is 5.11 Å². The van der Waals surface area contributed by atoms with Gasteiger partial charge in [-0.3, -0.25) is 0 Å². The molecule has 0 aromatic heterocycles. The van der Waals surface area contributed by atoms with E-state index in [0.717, 1.165) is 25.0 Å². The molecule has 0 heterocycles. The summed E-state index contributed by atoms with van der Waals surface area (Å²) in [4.78, 5) is 1.28. The van der Waals surface area contributed by atoms with Crippen LogP contribution in [0.4, 0.5) is 0 Å². The summed E-state index contributed by atoms with van der Waals surface area (Å²) in [5.74, 6) is 0.798. The highest BCUT2D eigenvalue weighted by molar-refractivity contribution is 7.99. The highest BCUT2D eigenvalue weighted by Crippen LogP contribution is 2.23. The van der Waals surface area contributed by atoms with Crippen LogP contribution in [0.3, 0.4) is 0 Å². The smallest absolute Gasteiger partial charge is 0.0634 e. The number of hydrogen-bond acceptors (Lipinski definition) is 2. The fourth-order valence-electron chi connectivity index (χ4n) is 1.83. The van der Waals surface area contributed by atoms with E-state index in [0.29, 0.717) is 0 Å². The SMILES string of the molecule is C=CCCCCCC(O)CSc1ccccc1C. The number of aliphatic hydroxyl groups excluding tert-OH is 1. The van der Waals surface area contributed by atoms with E-state index in [1.165, 1.54) is 23.3 Å². The van der Waals surface area contributed by atoms with E-state index >= 15 is 0 Å². The number of aryl methyl sites for hydroxylation is 1. The quantitative estimate of drug-likeness (QED) is 0.400. The van der Waals surface area contributed by atoms with Gasteiger partial charge in [-0.15, -0.1) is 18.3 Å². The summed E-state index contributed by atoms with van der Waals surface area (Å²) in [5, 5.41) is 9.92. The first-order valence-corrected chi connectivity index (χ1v) is 7.70. The second-order valence-corrected chi connectivity index (χ2v) is 5.72. The number of hydrogen-bond donors (Lipinski definition) is 1. The molecule has 1 nitrogen and oxygen atoms in total. The first kappa shape index (κ1) is 15.3. The Morgan fingerprint density at radius 2 is 2.06 bits per heavy atom. The largest absolute Gasteiger partial charge is 0.392 e. The Balaban J connectivity index is 2.15. The van der Waals surface area contributed by atoms with Crippen molar-refractivity contribution in [3.05, 3.63) is 42.5 Å². The standard InChI is InChI=1S/C16H24OS/c1-3-4-5-6-7-11-15(17)13-18-16-12-9-8-10-14(16)2/h3,8-10,12,15,17H,1,4-7,11,13H2,2H3. The monoisotopic (exact) mass is 264 g/mol. The Labute approximate surface area is 115 Å². The van der Waals surface area contributed by atoms with E-state index in [-0.39, 0.29) is 6.10 Å². The summed E-state index contributed by atoms with van der Waals surface area (Å²) in [5.41, 5.74) is 1.29. The molecule has 1 aromatic rings. The third-order valence-corrected chi connectivity index (χ3v) is 4.29. The number of rotatable bonds is 9. The number of thioether (sulfide) groups is 1. The number of allylic oxidation sites excluding steroid dienone is 1. The molecule has 0 saturated carbocycles. The molecule has 0 aliphatic rings. The fourth-order valence-corrected chi connectivity index (χ4v) is 2.84. The maximum atomic E-state index is 9.92. The van der Waals surface area contributed by atoms with Crippen LogP contribution in [-0.2, 0) is 0 Å². The van der Waals surface area contributed by atoms with Gasteiger partial charge < -0.3 is 5.11 Å². The van der Waals surface area contributed by atoms with Gasteiger partial charge in [0.15, 0.2) is 0 Å². The number of aliphatic hydroxyl groups is 1. The molecule has 0 amide bonds. The van der Waals surface area contributed by atoms with Crippen LogP contribution in [0.1, 0.15) is 37.7 Å². The molecule has 2 heteroatoms. The molecule has 1 rings (SSSR count). The zero-order chi connectivity index (χ0) is 13.2. The molecule has 1 N–H and O–H groups in total. The Morgan fingerprint density at radius 3 is 2.78 bits per heavy atom. The molecule has 0 fully saturated rings. The Kier molecular flexibility index (Phi) is 7.86. The Bertz CT molecular complexity index is 349. The van der Waals surface area contributed by atoms with Crippen LogP contribution in [-0.4, -0.2) is 17.0 Å². The van der Waals surface area contributed by atoms with Crippen molar-refractivity contribution in [2.24, 2.45) is 0 Å². The molecule has 1 atom stereocenters. The van der Waals surface area contributed by atoms with Crippen molar-refractivity contribution in [3.63, 3.8) is 0 Å². The van der Waals surface area contributed by atoms with Crippen molar-refractivity contribution in [1.29, 1.82) is 0 Å². The van der Waals surface area contributed by atoms with Gasteiger partial charge in [0.1, 0.15) is 0 Å². The van der Waals surface area contributed by atoms with Crippen LogP contribution < -0.4 is 0 Å². The average Bonchev–Trinajstić information content (AvgIpc) is 2.37. The van der Waals surface area contributed by atoms with E-state index in [1.807, 2.05) is 6.08 Å². The third kappa shape index (κ3) is 6.27. The normalized spacial score (nSPS) is 12.3.